The lowest BCUT2D eigenvalue weighted by Crippen LogP contribution is -2.17. The molecule has 0 saturated heterocycles. The van der Waals surface area contributed by atoms with Crippen molar-refractivity contribution in [3.63, 3.8) is 0 Å². The molecule has 7 heteroatoms. The number of methoxy groups -OCH3 is 1. The van der Waals surface area contributed by atoms with Crippen LogP contribution < -0.4 is 15.8 Å². The Kier molecular flexibility index (Phi) is 4.75. The molecule has 0 aliphatic heterocycles. The Labute approximate surface area is 143 Å². The molecule has 0 saturated carbocycles. The van der Waals surface area contributed by atoms with Crippen molar-refractivity contribution in [3.8, 4) is 5.75 Å². The number of halogens is 1. The van der Waals surface area contributed by atoms with Crippen molar-refractivity contribution in [1.82, 2.24) is 4.98 Å². The molecular weight excluding hydrogens is 334 g/mol. The summed E-state index contributed by atoms with van der Waals surface area (Å²) in [6.45, 7) is 2.55. The van der Waals surface area contributed by atoms with Gasteiger partial charge < -0.3 is 20.2 Å². The van der Waals surface area contributed by atoms with Crippen LogP contribution in [0.25, 0.3) is 10.2 Å². The standard InChI is InChI=1S/C16H18ClN3O2S/c1-9(18)6-12-15(21-2)14-16(23-12)11(7-13(17)20-14)19-8-10-4-3-5-22-10/h3-5,7,9H,6,8,18H2,1-2H3,(H,19,20). The maximum Gasteiger partial charge on any atom is 0.159 e. The lowest BCUT2D eigenvalue weighted by molar-refractivity contribution is 0.415. The predicted octanol–water partition coefficient (Wildman–Crippen LogP) is 4.05. The molecule has 0 radical (unpaired) electrons. The van der Waals surface area contributed by atoms with Gasteiger partial charge in [0.05, 0.1) is 35.2 Å². The van der Waals surface area contributed by atoms with Gasteiger partial charge in [-0.05, 0) is 19.1 Å². The summed E-state index contributed by atoms with van der Waals surface area (Å²) < 4.78 is 11.9. The second kappa shape index (κ2) is 6.78. The number of nitrogens with two attached hydrogens (primary N) is 1. The highest BCUT2D eigenvalue weighted by Crippen LogP contribution is 2.42. The third-order valence-corrected chi connectivity index (χ3v) is 4.79. The van der Waals surface area contributed by atoms with Gasteiger partial charge >= 0.3 is 0 Å². The first-order valence-electron chi connectivity index (χ1n) is 7.26. The van der Waals surface area contributed by atoms with Gasteiger partial charge in [-0.15, -0.1) is 11.3 Å². The van der Waals surface area contributed by atoms with E-state index in [-0.39, 0.29) is 6.04 Å². The average molecular weight is 352 g/mol. The number of nitrogens with zero attached hydrogens (tertiary/aromatic N) is 1. The molecule has 5 nitrogen and oxygen atoms in total. The quantitative estimate of drug-likeness (QED) is 0.655. The Morgan fingerprint density at radius 1 is 1.52 bits per heavy atom. The van der Waals surface area contributed by atoms with E-state index >= 15 is 0 Å². The zero-order chi connectivity index (χ0) is 16.4. The summed E-state index contributed by atoms with van der Waals surface area (Å²) in [7, 11) is 1.64. The highest BCUT2D eigenvalue weighted by atomic mass is 35.5. The Morgan fingerprint density at radius 3 is 3.00 bits per heavy atom. The number of nitrogens with one attached hydrogen (secondary N) is 1. The second-order valence-electron chi connectivity index (χ2n) is 5.34. The van der Waals surface area contributed by atoms with Gasteiger partial charge in [0.15, 0.2) is 5.75 Å². The predicted molar refractivity (Wildman–Crippen MR) is 94.6 cm³/mol. The molecule has 1 unspecified atom stereocenters. The fourth-order valence-corrected chi connectivity index (χ4v) is 3.96. The smallest absolute Gasteiger partial charge is 0.159 e. The molecule has 0 aliphatic carbocycles. The van der Waals surface area contributed by atoms with Gasteiger partial charge in [0.25, 0.3) is 0 Å². The highest BCUT2D eigenvalue weighted by Gasteiger charge is 2.19. The summed E-state index contributed by atoms with van der Waals surface area (Å²) in [5.41, 5.74) is 7.62. The summed E-state index contributed by atoms with van der Waals surface area (Å²) in [6, 6.07) is 5.65. The minimum Gasteiger partial charge on any atom is -0.493 e. The van der Waals surface area contributed by atoms with Crippen LogP contribution in [0.3, 0.4) is 0 Å². The van der Waals surface area contributed by atoms with Crippen molar-refractivity contribution in [2.45, 2.75) is 25.9 Å². The van der Waals surface area contributed by atoms with E-state index in [0.29, 0.717) is 11.7 Å². The van der Waals surface area contributed by atoms with Gasteiger partial charge in [0.2, 0.25) is 0 Å². The van der Waals surface area contributed by atoms with Crippen LogP contribution in [-0.2, 0) is 13.0 Å². The minimum absolute atomic E-state index is 0.0481. The van der Waals surface area contributed by atoms with E-state index in [1.54, 1.807) is 24.7 Å². The summed E-state index contributed by atoms with van der Waals surface area (Å²) in [5.74, 6) is 1.61. The maximum atomic E-state index is 6.18. The van der Waals surface area contributed by atoms with Crippen molar-refractivity contribution in [1.29, 1.82) is 0 Å². The van der Waals surface area contributed by atoms with E-state index in [2.05, 4.69) is 10.3 Å². The SMILES string of the molecule is COc1c(CC(C)N)sc2c(NCc3ccco3)cc(Cl)nc12. The Hall–Kier alpha value is -1.76. The lowest BCUT2D eigenvalue weighted by atomic mass is 10.2. The first kappa shape index (κ1) is 16.1. The monoisotopic (exact) mass is 351 g/mol. The maximum absolute atomic E-state index is 6.18. The fraction of sp³-hybridized carbons (Fsp3) is 0.312. The van der Waals surface area contributed by atoms with E-state index in [0.717, 1.165) is 38.7 Å². The molecule has 3 heterocycles. The zero-order valence-electron chi connectivity index (χ0n) is 12.9. The van der Waals surface area contributed by atoms with Crippen molar-refractivity contribution in [2.75, 3.05) is 12.4 Å². The van der Waals surface area contributed by atoms with E-state index in [1.165, 1.54) is 0 Å². The van der Waals surface area contributed by atoms with Crippen molar-refractivity contribution >= 4 is 38.8 Å². The molecule has 23 heavy (non-hydrogen) atoms. The van der Waals surface area contributed by atoms with Crippen LogP contribution in [-0.4, -0.2) is 18.1 Å². The number of ether oxygens (including phenoxy) is 1. The molecule has 0 aromatic carbocycles. The average Bonchev–Trinajstić information content (AvgIpc) is 3.11. The lowest BCUT2D eigenvalue weighted by Gasteiger charge is -2.07. The molecular formula is C16H18ClN3O2S. The first-order valence-corrected chi connectivity index (χ1v) is 8.45. The number of fused-ring (bicyclic) bond motifs is 1. The number of furan rings is 1. The van der Waals surface area contributed by atoms with Gasteiger partial charge in [-0.3, -0.25) is 0 Å². The Morgan fingerprint density at radius 2 is 2.35 bits per heavy atom. The number of aromatic nitrogens is 1. The topological polar surface area (TPSA) is 73.3 Å². The molecule has 3 rings (SSSR count). The number of hydrogen-bond donors (Lipinski definition) is 2. The summed E-state index contributed by atoms with van der Waals surface area (Å²) in [5, 5.41) is 3.77. The fourth-order valence-electron chi connectivity index (χ4n) is 2.43. The molecule has 0 bridgehead atoms. The van der Waals surface area contributed by atoms with E-state index in [9.17, 15) is 0 Å². The van der Waals surface area contributed by atoms with Crippen LogP contribution in [0.15, 0.2) is 28.9 Å². The normalized spacial score (nSPS) is 12.5. The summed E-state index contributed by atoms with van der Waals surface area (Å²) >= 11 is 7.81. The number of thiophene rings is 1. The second-order valence-corrected chi connectivity index (χ2v) is 6.84. The van der Waals surface area contributed by atoms with Crippen LogP contribution in [0.2, 0.25) is 5.15 Å². The third-order valence-electron chi connectivity index (χ3n) is 3.38. The van der Waals surface area contributed by atoms with Gasteiger partial charge in [-0.2, -0.15) is 0 Å². The molecule has 3 N–H and O–H groups in total. The van der Waals surface area contributed by atoms with Crippen LogP contribution in [0.4, 0.5) is 5.69 Å². The molecule has 0 aliphatic rings. The van der Waals surface area contributed by atoms with Crippen molar-refractivity contribution < 1.29 is 9.15 Å². The van der Waals surface area contributed by atoms with Gasteiger partial charge in [-0.1, -0.05) is 11.6 Å². The number of hydrogen-bond acceptors (Lipinski definition) is 6. The Balaban J connectivity index is 2.01. The Bertz CT molecular complexity index is 799. The summed E-state index contributed by atoms with van der Waals surface area (Å²) in [4.78, 5) is 5.50. The van der Waals surface area contributed by atoms with Gasteiger partial charge in [0, 0.05) is 18.5 Å². The molecule has 3 aromatic rings. The molecule has 0 spiro atoms. The van der Waals surface area contributed by atoms with E-state index in [4.69, 9.17) is 26.5 Å². The third kappa shape index (κ3) is 3.44. The molecule has 1 atom stereocenters. The van der Waals surface area contributed by atoms with Crippen molar-refractivity contribution in [3.05, 3.63) is 40.3 Å². The largest absolute Gasteiger partial charge is 0.493 e. The van der Waals surface area contributed by atoms with Crippen LogP contribution in [0.1, 0.15) is 17.6 Å². The number of anilines is 1. The van der Waals surface area contributed by atoms with Gasteiger partial charge in [0.1, 0.15) is 16.4 Å². The first-order chi connectivity index (χ1) is 11.1. The minimum atomic E-state index is 0.0481. The van der Waals surface area contributed by atoms with Crippen LogP contribution >= 0.6 is 22.9 Å². The molecule has 3 aromatic heterocycles. The van der Waals surface area contributed by atoms with Crippen LogP contribution in [0, 0.1) is 0 Å². The van der Waals surface area contributed by atoms with E-state index in [1.807, 2.05) is 25.1 Å². The molecule has 0 amide bonds. The zero-order valence-corrected chi connectivity index (χ0v) is 14.5. The number of rotatable bonds is 6. The number of pyridine rings is 1. The van der Waals surface area contributed by atoms with Crippen LogP contribution in [0.5, 0.6) is 5.75 Å². The van der Waals surface area contributed by atoms with Crippen molar-refractivity contribution in [2.24, 2.45) is 5.73 Å². The van der Waals surface area contributed by atoms with E-state index < -0.39 is 0 Å². The molecule has 0 fully saturated rings. The van der Waals surface area contributed by atoms with Gasteiger partial charge in [-0.25, -0.2) is 4.98 Å². The highest BCUT2D eigenvalue weighted by molar-refractivity contribution is 7.20. The molecule has 122 valence electrons. The summed E-state index contributed by atoms with van der Waals surface area (Å²) in [6.07, 6.45) is 2.39.